The van der Waals surface area contributed by atoms with Crippen LogP contribution in [0.3, 0.4) is 0 Å². The molecule has 5 heteroatoms. The molecule has 0 aliphatic rings. The van der Waals surface area contributed by atoms with E-state index in [2.05, 4.69) is 9.97 Å². The molecule has 1 aromatic heterocycles. The van der Waals surface area contributed by atoms with Gasteiger partial charge in [-0.05, 0) is 17.7 Å². The summed E-state index contributed by atoms with van der Waals surface area (Å²) in [6.45, 7) is 0. The molecule has 0 N–H and O–H groups in total. The molecule has 0 atom stereocenters. The maximum Gasteiger partial charge on any atom is 0.232 e. The molecule has 2 rings (SSSR count). The molecule has 1 heterocycles. The summed E-state index contributed by atoms with van der Waals surface area (Å²) < 4.78 is 0. The van der Waals surface area contributed by atoms with Crippen LogP contribution in [-0.4, -0.2) is 22.9 Å². The second-order valence-electron chi connectivity index (χ2n) is 3.82. The highest BCUT2D eigenvalue weighted by Gasteiger charge is 2.12. The van der Waals surface area contributed by atoms with Crippen LogP contribution in [0.1, 0.15) is 5.56 Å². The molecular formula is C13H12ClN3O. The van der Waals surface area contributed by atoms with Crippen molar-refractivity contribution in [3.8, 4) is 0 Å². The third-order valence-electron chi connectivity index (χ3n) is 2.51. The number of rotatable bonds is 3. The van der Waals surface area contributed by atoms with Gasteiger partial charge in [-0.2, -0.15) is 0 Å². The van der Waals surface area contributed by atoms with Crippen LogP contribution >= 0.6 is 11.6 Å². The minimum atomic E-state index is -0.0576. The van der Waals surface area contributed by atoms with Gasteiger partial charge in [-0.1, -0.05) is 23.7 Å². The average Bonchev–Trinajstić information content (AvgIpc) is 2.39. The summed E-state index contributed by atoms with van der Waals surface area (Å²) in [5.74, 6) is 0.474. The lowest BCUT2D eigenvalue weighted by Crippen LogP contribution is -2.28. The van der Waals surface area contributed by atoms with Crippen molar-refractivity contribution in [1.29, 1.82) is 0 Å². The van der Waals surface area contributed by atoms with Gasteiger partial charge in [0.25, 0.3) is 0 Å². The van der Waals surface area contributed by atoms with E-state index in [1.807, 2.05) is 12.1 Å². The molecule has 4 nitrogen and oxygen atoms in total. The van der Waals surface area contributed by atoms with Gasteiger partial charge in [0, 0.05) is 24.5 Å². The van der Waals surface area contributed by atoms with Gasteiger partial charge in [-0.25, -0.2) is 4.98 Å². The molecule has 0 bridgehead atoms. The summed E-state index contributed by atoms with van der Waals surface area (Å²) in [7, 11) is 1.68. The normalized spacial score (nSPS) is 10.1. The topological polar surface area (TPSA) is 46.1 Å². The molecule has 1 aromatic carbocycles. The highest BCUT2D eigenvalue weighted by atomic mass is 35.5. The monoisotopic (exact) mass is 261 g/mol. The Balaban J connectivity index is 2.09. The highest BCUT2D eigenvalue weighted by molar-refractivity contribution is 6.30. The van der Waals surface area contributed by atoms with Gasteiger partial charge in [-0.15, -0.1) is 0 Å². The minimum absolute atomic E-state index is 0.0576. The first-order chi connectivity index (χ1) is 8.66. The van der Waals surface area contributed by atoms with Gasteiger partial charge >= 0.3 is 0 Å². The molecule has 92 valence electrons. The third-order valence-corrected chi connectivity index (χ3v) is 2.75. The Morgan fingerprint density at radius 1 is 1.39 bits per heavy atom. The Morgan fingerprint density at radius 2 is 2.22 bits per heavy atom. The number of carbonyl (C=O) groups excluding carboxylic acids is 1. The van der Waals surface area contributed by atoms with Gasteiger partial charge in [-0.3, -0.25) is 14.7 Å². The van der Waals surface area contributed by atoms with Crippen LogP contribution in [0.5, 0.6) is 0 Å². The Labute approximate surface area is 110 Å². The molecule has 18 heavy (non-hydrogen) atoms. The maximum absolute atomic E-state index is 12.0. The van der Waals surface area contributed by atoms with Crippen LogP contribution < -0.4 is 4.90 Å². The van der Waals surface area contributed by atoms with Crippen LogP contribution in [-0.2, 0) is 11.2 Å². The lowest BCUT2D eigenvalue weighted by molar-refractivity contribution is -0.117. The number of aromatic nitrogens is 2. The lowest BCUT2D eigenvalue weighted by Gasteiger charge is -2.15. The average molecular weight is 262 g/mol. The first-order valence-corrected chi connectivity index (χ1v) is 5.81. The van der Waals surface area contributed by atoms with Crippen molar-refractivity contribution in [2.45, 2.75) is 6.42 Å². The summed E-state index contributed by atoms with van der Waals surface area (Å²) in [5.41, 5.74) is 0.878. The zero-order valence-electron chi connectivity index (χ0n) is 9.88. The number of anilines is 1. The number of carbonyl (C=O) groups is 1. The van der Waals surface area contributed by atoms with Crippen molar-refractivity contribution >= 4 is 23.3 Å². The third kappa shape index (κ3) is 3.05. The number of hydrogen-bond acceptors (Lipinski definition) is 3. The van der Waals surface area contributed by atoms with Crippen molar-refractivity contribution in [2.75, 3.05) is 11.9 Å². The van der Waals surface area contributed by atoms with Gasteiger partial charge in [0.2, 0.25) is 5.91 Å². The molecule has 2 aromatic rings. The van der Waals surface area contributed by atoms with Crippen molar-refractivity contribution in [2.24, 2.45) is 0 Å². The van der Waals surface area contributed by atoms with E-state index in [0.717, 1.165) is 5.56 Å². The molecule has 0 aliphatic carbocycles. The molecule has 0 spiro atoms. The molecule has 0 radical (unpaired) electrons. The Hall–Kier alpha value is -1.94. The zero-order chi connectivity index (χ0) is 13.0. The Kier molecular flexibility index (Phi) is 3.89. The summed E-state index contributed by atoms with van der Waals surface area (Å²) in [6, 6.07) is 7.26. The Bertz CT molecular complexity index is 545. The first kappa shape index (κ1) is 12.5. The van der Waals surface area contributed by atoms with Crippen LogP contribution in [0.4, 0.5) is 5.82 Å². The van der Waals surface area contributed by atoms with Crippen LogP contribution in [0.25, 0.3) is 0 Å². The number of likely N-dealkylation sites (N-methyl/N-ethyl adjacent to an activating group) is 1. The van der Waals surface area contributed by atoms with E-state index in [0.29, 0.717) is 10.8 Å². The van der Waals surface area contributed by atoms with Crippen LogP contribution in [0, 0.1) is 0 Å². The number of nitrogens with zero attached hydrogens (tertiary/aromatic N) is 3. The van der Waals surface area contributed by atoms with Crippen molar-refractivity contribution in [3.63, 3.8) is 0 Å². The van der Waals surface area contributed by atoms with Crippen molar-refractivity contribution in [1.82, 2.24) is 9.97 Å². The van der Waals surface area contributed by atoms with E-state index in [9.17, 15) is 4.79 Å². The standard InChI is InChI=1S/C13H12ClN3O/c1-17(12-9-15-5-6-16-12)13(18)8-10-3-2-4-11(14)7-10/h2-7,9H,8H2,1H3. The minimum Gasteiger partial charge on any atom is -0.298 e. The SMILES string of the molecule is CN(C(=O)Cc1cccc(Cl)c1)c1cnccn1. The molecule has 0 saturated heterocycles. The highest BCUT2D eigenvalue weighted by Crippen LogP contribution is 2.13. The van der Waals surface area contributed by atoms with E-state index in [1.165, 1.54) is 4.90 Å². The molecule has 0 fully saturated rings. The van der Waals surface area contributed by atoms with Crippen molar-refractivity contribution in [3.05, 3.63) is 53.4 Å². The number of benzene rings is 1. The van der Waals surface area contributed by atoms with Gasteiger partial charge in [0.15, 0.2) is 5.82 Å². The smallest absolute Gasteiger partial charge is 0.232 e. The maximum atomic E-state index is 12.0. The molecule has 0 saturated carbocycles. The van der Waals surface area contributed by atoms with Gasteiger partial charge in [0.1, 0.15) is 0 Å². The number of amides is 1. The fourth-order valence-electron chi connectivity index (χ4n) is 1.53. The van der Waals surface area contributed by atoms with Crippen LogP contribution in [0.2, 0.25) is 5.02 Å². The largest absolute Gasteiger partial charge is 0.298 e. The number of hydrogen-bond donors (Lipinski definition) is 0. The molecule has 0 aliphatic heterocycles. The van der Waals surface area contributed by atoms with Gasteiger partial charge < -0.3 is 0 Å². The second kappa shape index (κ2) is 5.60. The summed E-state index contributed by atoms with van der Waals surface area (Å²) in [4.78, 5) is 21.5. The van der Waals surface area contributed by atoms with E-state index >= 15 is 0 Å². The van der Waals surface area contributed by atoms with E-state index in [1.54, 1.807) is 37.8 Å². The second-order valence-corrected chi connectivity index (χ2v) is 4.26. The van der Waals surface area contributed by atoms with E-state index in [-0.39, 0.29) is 12.3 Å². The Morgan fingerprint density at radius 3 is 2.89 bits per heavy atom. The number of halogens is 1. The molecule has 1 amide bonds. The zero-order valence-corrected chi connectivity index (χ0v) is 10.6. The summed E-state index contributed by atoms with van der Waals surface area (Å²) in [5, 5.41) is 0.627. The van der Waals surface area contributed by atoms with E-state index in [4.69, 9.17) is 11.6 Å². The molecule has 0 unspecified atom stereocenters. The first-order valence-electron chi connectivity index (χ1n) is 5.44. The lowest BCUT2D eigenvalue weighted by atomic mass is 10.1. The quantitative estimate of drug-likeness (QED) is 0.852. The van der Waals surface area contributed by atoms with Crippen molar-refractivity contribution < 1.29 is 4.79 Å². The summed E-state index contributed by atoms with van der Waals surface area (Å²) in [6.07, 6.45) is 4.96. The summed E-state index contributed by atoms with van der Waals surface area (Å²) >= 11 is 5.88. The van der Waals surface area contributed by atoms with E-state index < -0.39 is 0 Å². The fourth-order valence-corrected chi connectivity index (χ4v) is 1.75. The molecular weight excluding hydrogens is 250 g/mol. The van der Waals surface area contributed by atoms with Crippen LogP contribution in [0.15, 0.2) is 42.9 Å². The fraction of sp³-hybridized carbons (Fsp3) is 0.154. The van der Waals surface area contributed by atoms with Gasteiger partial charge in [0.05, 0.1) is 12.6 Å². The predicted molar refractivity (Wildman–Crippen MR) is 70.6 cm³/mol. The predicted octanol–water partition coefficient (Wildman–Crippen LogP) is 2.34.